The van der Waals surface area contributed by atoms with E-state index < -0.39 is 11.7 Å². The van der Waals surface area contributed by atoms with Gasteiger partial charge in [0.05, 0.1) is 11.6 Å². The summed E-state index contributed by atoms with van der Waals surface area (Å²) < 4.78 is 38.2. The number of nitrogens with zero attached hydrogens (tertiary/aromatic N) is 2. The highest BCUT2D eigenvalue weighted by Gasteiger charge is 2.30. The fourth-order valence-corrected chi connectivity index (χ4v) is 2.51. The number of nitrogens with one attached hydrogen (secondary N) is 2. The Bertz CT molecular complexity index is 705. The van der Waals surface area contributed by atoms with Crippen LogP contribution in [0.3, 0.4) is 0 Å². The van der Waals surface area contributed by atoms with E-state index in [1.807, 2.05) is 31.1 Å². The molecule has 2 aromatic rings. The summed E-state index contributed by atoms with van der Waals surface area (Å²) in [6.07, 6.45) is -0.915. The molecular formula is C17H19F3N4S. The number of hydrogen-bond donors (Lipinski definition) is 2. The quantitative estimate of drug-likeness (QED) is 0.788. The molecule has 1 aromatic carbocycles. The molecule has 4 nitrogen and oxygen atoms in total. The average Bonchev–Trinajstić information content (AvgIpc) is 2.55. The van der Waals surface area contributed by atoms with E-state index in [0.29, 0.717) is 6.54 Å². The molecule has 8 heteroatoms. The zero-order chi connectivity index (χ0) is 18.4. The van der Waals surface area contributed by atoms with Gasteiger partial charge < -0.3 is 15.5 Å². The van der Waals surface area contributed by atoms with Gasteiger partial charge in [0.25, 0.3) is 0 Å². The van der Waals surface area contributed by atoms with Gasteiger partial charge in [0.1, 0.15) is 0 Å². The lowest BCUT2D eigenvalue weighted by atomic mass is 10.1. The molecule has 0 radical (unpaired) electrons. The Labute approximate surface area is 150 Å². The van der Waals surface area contributed by atoms with Crippen molar-refractivity contribution in [3.05, 3.63) is 59.9 Å². The maximum Gasteiger partial charge on any atom is 0.416 e. The smallest absolute Gasteiger partial charge is 0.361 e. The van der Waals surface area contributed by atoms with Crippen LogP contribution in [0.4, 0.5) is 18.9 Å². The van der Waals surface area contributed by atoms with E-state index in [2.05, 4.69) is 15.6 Å². The number of alkyl halides is 3. The lowest BCUT2D eigenvalue weighted by Crippen LogP contribution is -2.36. The minimum absolute atomic E-state index is 0.0231. The van der Waals surface area contributed by atoms with Gasteiger partial charge in [-0.2, -0.15) is 13.2 Å². The second-order valence-electron chi connectivity index (χ2n) is 5.68. The first-order valence-corrected chi connectivity index (χ1v) is 7.96. The van der Waals surface area contributed by atoms with Crippen molar-refractivity contribution >= 4 is 23.0 Å². The fourth-order valence-electron chi connectivity index (χ4n) is 2.31. The van der Waals surface area contributed by atoms with E-state index >= 15 is 0 Å². The van der Waals surface area contributed by atoms with Crippen molar-refractivity contribution < 1.29 is 13.2 Å². The van der Waals surface area contributed by atoms with Crippen LogP contribution >= 0.6 is 12.2 Å². The maximum absolute atomic E-state index is 12.7. The van der Waals surface area contributed by atoms with Crippen molar-refractivity contribution in [2.75, 3.05) is 26.0 Å². The molecular weight excluding hydrogens is 349 g/mol. The Balaban J connectivity index is 1.98. The van der Waals surface area contributed by atoms with Gasteiger partial charge in [-0.05, 0) is 56.1 Å². The van der Waals surface area contributed by atoms with Crippen LogP contribution in [0.2, 0.25) is 0 Å². The number of rotatable bonds is 5. The molecule has 2 rings (SSSR count). The monoisotopic (exact) mass is 368 g/mol. The Kier molecular flexibility index (Phi) is 6.33. The summed E-state index contributed by atoms with van der Waals surface area (Å²) in [5.74, 6) is 0. The van der Waals surface area contributed by atoms with Gasteiger partial charge in [0.2, 0.25) is 0 Å². The average molecular weight is 368 g/mol. The Hall–Kier alpha value is -2.19. The van der Waals surface area contributed by atoms with Crippen LogP contribution < -0.4 is 10.6 Å². The summed E-state index contributed by atoms with van der Waals surface area (Å²) in [6, 6.07) is 8.76. The number of anilines is 1. The minimum atomic E-state index is -4.39. The van der Waals surface area contributed by atoms with Gasteiger partial charge in [-0.25, -0.2) is 0 Å². The molecule has 1 heterocycles. The number of likely N-dealkylation sites (N-methyl/N-ethyl adjacent to an activating group) is 1. The predicted octanol–water partition coefficient (Wildman–Crippen LogP) is 3.69. The van der Waals surface area contributed by atoms with Gasteiger partial charge >= 0.3 is 6.18 Å². The number of halogens is 3. The zero-order valence-corrected chi connectivity index (χ0v) is 14.7. The van der Waals surface area contributed by atoms with Crippen molar-refractivity contribution in [1.29, 1.82) is 0 Å². The maximum atomic E-state index is 12.7. The lowest BCUT2D eigenvalue weighted by molar-refractivity contribution is -0.137. The number of thiocarbonyl (C=S) groups is 1. The highest BCUT2D eigenvalue weighted by Crippen LogP contribution is 2.30. The Morgan fingerprint density at radius 1 is 1.24 bits per heavy atom. The van der Waals surface area contributed by atoms with Gasteiger partial charge in [-0.15, -0.1) is 0 Å². The molecule has 0 fully saturated rings. The van der Waals surface area contributed by atoms with Gasteiger partial charge in [-0.1, -0.05) is 12.1 Å². The van der Waals surface area contributed by atoms with E-state index in [-0.39, 0.29) is 16.8 Å². The SMILES string of the molecule is CN(C)C(CNC(=S)Nc1cccc(C(F)(F)F)c1)c1cccnc1. The first-order valence-electron chi connectivity index (χ1n) is 7.56. The summed E-state index contributed by atoms with van der Waals surface area (Å²) in [6.45, 7) is 0.490. The fraction of sp³-hybridized carbons (Fsp3) is 0.294. The zero-order valence-electron chi connectivity index (χ0n) is 13.8. The van der Waals surface area contributed by atoms with Crippen LogP contribution in [0, 0.1) is 0 Å². The topological polar surface area (TPSA) is 40.2 Å². The third kappa shape index (κ3) is 5.68. The van der Waals surface area contributed by atoms with Crippen molar-refractivity contribution in [2.24, 2.45) is 0 Å². The highest BCUT2D eigenvalue weighted by atomic mass is 32.1. The highest BCUT2D eigenvalue weighted by molar-refractivity contribution is 7.80. The number of benzene rings is 1. The molecule has 134 valence electrons. The lowest BCUT2D eigenvalue weighted by Gasteiger charge is -2.25. The molecule has 1 unspecified atom stereocenters. The third-order valence-electron chi connectivity index (χ3n) is 3.60. The molecule has 0 saturated heterocycles. The van der Waals surface area contributed by atoms with Gasteiger partial charge in [0, 0.05) is 24.6 Å². The van der Waals surface area contributed by atoms with Crippen LogP contribution in [0.15, 0.2) is 48.8 Å². The summed E-state index contributed by atoms with van der Waals surface area (Å²) in [5.41, 5.74) is 0.582. The standard InChI is InChI=1S/C17H19F3N4S/c1-24(2)15(12-5-4-8-21-10-12)11-22-16(25)23-14-7-3-6-13(9-14)17(18,19)20/h3-10,15H,11H2,1-2H3,(H2,22,23,25). The van der Waals surface area contributed by atoms with Crippen molar-refractivity contribution in [2.45, 2.75) is 12.2 Å². The summed E-state index contributed by atoms with van der Waals surface area (Å²) >= 11 is 5.19. The largest absolute Gasteiger partial charge is 0.416 e. The molecule has 0 spiro atoms. The molecule has 0 bridgehead atoms. The van der Waals surface area contributed by atoms with Crippen LogP contribution in [0.25, 0.3) is 0 Å². The summed E-state index contributed by atoms with van der Waals surface area (Å²) in [4.78, 5) is 6.12. The first-order chi connectivity index (χ1) is 11.8. The van der Waals surface area contributed by atoms with Gasteiger partial charge in [0.15, 0.2) is 5.11 Å². The summed E-state index contributed by atoms with van der Waals surface area (Å²) in [5, 5.41) is 6.08. The molecule has 0 saturated carbocycles. The number of aromatic nitrogens is 1. The molecule has 1 aromatic heterocycles. The van der Waals surface area contributed by atoms with Crippen molar-refractivity contribution in [1.82, 2.24) is 15.2 Å². The molecule has 0 aliphatic carbocycles. The van der Waals surface area contributed by atoms with Crippen LogP contribution in [-0.2, 0) is 6.18 Å². The van der Waals surface area contributed by atoms with Gasteiger partial charge in [-0.3, -0.25) is 4.98 Å². The summed E-state index contributed by atoms with van der Waals surface area (Å²) in [7, 11) is 3.87. The normalized spacial score (nSPS) is 12.7. The van der Waals surface area contributed by atoms with E-state index in [0.717, 1.165) is 17.7 Å². The van der Waals surface area contributed by atoms with E-state index in [9.17, 15) is 13.2 Å². The Morgan fingerprint density at radius 3 is 2.60 bits per heavy atom. The van der Waals surface area contributed by atoms with Crippen LogP contribution in [0.5, 0.6) is 0 Å². The molecule has 1 atom stereocenters. The van der Waals surface area contributed by atoms with E-state index in [1.165, 1.54) is 12.1 Å². The second-order valence-corrected chi connectivity index (χ2v) is 6.09. The van der Waals surface area contributed by atoms with Crippen molar-refractivity contribution in [3.8, 4) is 0 Å². The predicted molar refractivity (Wildman–Crippen MR) is 96.3 cm³/mol. The van der Waals surface area contributed by atoms with Crippen LogP contribution in [0.1, 0.15) is 17.2 Å². The molecule has 0 amide bonds. The first kappa shape index (κ1) is 19.1. The van der Waals surface area contributed by atoms with E-state index in [1.54, 1.807) is 12.4 Å². The van der Waals surface area contributed by atoms with E-state index in [4.69, 9.17) is 12.2 Å². The Morgan fingerprint density at radius 2 is 2.00 bits per heavy atom. The molecule has 2 N–H and O–H groups in total. The number of hydrogen-bond acceptors (Lipinski definition) is 3. The molecule has 0 aliphatic heterocycles. The van der Waals surface area contributed by atoms with Crippen molar-refractivity contribution in [3.63, 3.8) is 0 Å². The molecule has 0 aliphatic rings. The molecule has 25 heavy (non-hydrogen) atoms. The van der Waals surface area contributed by atoms with Crippen LogP contribution in [-0.4, -0.2) is 35.6 Å². The number of pyridine rings is 1. The minimum Gasteiger partial charge on any atom is -0.361 e. The second kappa shape index (κ2) is 8.26. The third-order valence-corrected chi connectivity index (χ3v) is 3.84.